The van der Waals surface area contributed by atoms with Crippen molar-refractivity contribution in [3.05, 3.63) is 0 Å². The molecule has 0 bridgehead atoms. The van der Waals surface area contributed by atoms with Gasteiger partial charge in [-0.05, 0) is 5.92 Å². The van der Waals surface area contributed by atoms with E-state index in [0.717, 1.165) is 6.54 Å². The molecule has 1 aliphatic heterocycles. The van der Waals surface area contributed by atoms with Gasteiger partial charge in [-0.3, -0.25) is 4.90 Å². The number of carboxylic acid groups (broad SMARTS) is 1. The molecule has 0 spiro atoms. The molecule has 0 aliphatic carbocycles. The maximum atomic E-state index is 10.2. The quantitative estimate of drug-likeness (QED) is 0.478. The predicted molar refractivity (Wildman–Crippen MR) is 35.2 cm³/mol. The largest absolute Gasteiger partial charge is 0.548 e. The lowest BCUT2D eigenvalue weighted by atomic mass is 10.2. The van der Waals surface area contributed by atoms with Crippen molar-refractivity contribution in [3.63, 3.8) is 0 Å². The second-order valence-corrected chi connectivity index (χ2v) is 3.18. The van der Waals surface area contributed by atoms with Gasteiger partial charge in [0.1, 0.15) is 0 Å². The minimum absolute atomic E-state index is 0.289. The van der Waals surface area contributed by atoms with Crippen LogP contribution in [-0.4, -0.2) is 30.0 Å². The van der Waals surface area contributed by atoms with E-state index >= 15 is 0 Å². The van der Waals surface area contributed by atoms with Gasteiger partial charge in [-0.2, -0.15) is 0 Å². The van der Waals surface area contributed by atoms with Gasteiger partial charge in [-0.15, -0.1) is 0 Å². The molecular weight excluding hydrogens is 130 g/mol. The molecule has 3 nitrogen and oxygen atoms in total. The topological polar surface area (TPSA) is 43.1 Å². The zero-order chi connectivity index (χ0) is 7.72. The number of aliphatic carboxylic acids is 1. The summed E-state index contributed by atoms with van der Waals surface area (Å²) in [5, 5.41) is 10.2. The van der Waals surface area contributed by atoms with E-state index in [-0.39, 0.29) is 6.04 Å². The number of hydrogen-bond acceptors (Lipinski definition) is 3. The molecule has 0 aromatic carbocycles. The fraction of sp³-hybridized carbons (Fsp3) is 0.857. The summed E-state index contributed by atoms with van der Waals surface area (Å²) in [5.74, 6) is -0.384. The van der Waals surface area contributed by atoms with Crippen molar-refractivity contribution < 1.29 is 9.90 Å². The number of carboxylic acids is 1. The molecule has 0 aromatic heterocycles. The number of carbonyl (C=O) groups excluding carboxylic acids is 1. The third kappa shape index (κ3) is 1.70. The van der Waals surface area contributed by atoms with Gasteiger partial charge in [0.15, 0.2) is 0 Å². The minimum Gasteiger partial charge on any atom is -0.548 e. The van der Waals surface area contributed by atoms with Gasteiger partial charge in [0.2, 0.25) is 0 Å². The van der Waals surface area contributed by atoms with E-state index < -0.39 is 5.97 Å². The Balaban J connectivity index is 2.20. The van der Waals surface area contributed by atoms with E-state index in [9.17, 15) is 9.90 Å². The first-order chi connectivity index (χ1) is 4.61. The van der Waals surface area contributed by atoms with Gasteiger partial charge in [0, 0.05) is 13.1 Å². The van der Waals surface area contributed by atoms with E-state index in [4.69, 9.17) is 0 Å². The molecule has 1 fully saturated rings. The van der Waals surface area contributed by atoms with Crippen LogP contribution in [0, 0.1) is 5.92 Å². The monoisotopic (exact) mass is 142 g/mol. The lowest BCUT2D eigenvalue weighted by Crippen LogP contribution is -2.31. The molecule has 0 radical (unpaired) electrons. The number of rotatable bonds is 3. The number of nitrogens with zero attached hydrogens (tertiary/aromatic N) is 1. The second-order valence-electron chi connectivity index (χ2n) is 3.18. The molecule has 0 N–H and O–H groups in total. The Kier molecular flexibility index (Phi) is 1.94. The van der Waals surface area contributed by atoms with Gasteiger partial charge >= 0.3 is 0 Å². The van der Waals surface area contributed by atoms with Crippen LogP contribution in [-0.2, 0) is 4.79 Å². The Labute approximate surface area is 60.6 Å². The molecule has 58 valence electrons. The van der Waals surface area contributed by atoms with Gasteiger partial charge in [-0.25, -0.2) is 0 Å². The van der Waals surface area contributed by atoms with Crippen LogP contribution in [0.4, 0.5) is 0 Å². The molecule has 1 saturated heterocycles. The lowest BCUT2D eigenvalue weighted by Gasteiger charge is -2.06. The molecule has 2 atom stereocenters. The van der Waals surface area contributed by atoms with Crippen molar-refractivity contribution in [2.75, 3.05) is 13.1 Å². The molecule has 0 saturated carbocycles. The summed E-state index contributed by atoms with van der Waals surface area (Å²) in [6.45, 7) is 5.70. The zero-order valence-electron chi connectivity index (χ0n) is 6.33. The Bertz CT molecular complexity index is 145. The van der Waals surface area contributed by atoms with E-state index in [2.05, 4.69) is 13.8 Å². The highest BCUT2D eigenvalue weighted by Gasteiger charge is 2.34. The fourth-order valence-electron chi connectivity index (χ4n) is 1.07. The summed E-state index contributed by atoms with van der Waals surface area (Å²) in [7, 11) is 0. The Hall–Kier alpha value is -0.570. The van der Waals surface area contributed by atoms with Crippen LogP contribution < -0.4 is 5.11 Å². The normalized spacial score (nSPS) is 30.7. The summed E-state index contributed by atoms with van der Waals surface area (Å²) in [4.78, 5) is 12.1. The number of hydrogen-bond donors (Lipinski definition) is 0. The molecule has 1 rings (SSSR count). The molecule has 1 heterocycles. The van der Waals surface area contributed by atoms with Gasteiger partial charge in [-0.1, -0.05) is 13.8 Å². The van der Waals surface area contributed by atoms with Gasteiger partial charge in [0.25, 0.3) is 0 Å². The second kappa shape index (κ2) is 2.58. The van der Waals surface area contributed by atoms with Gasteiger partial charge < -0.3 is 9.90 Å². The summed E-state index contributed by atoms with van der Waals surface area (Å²) in [6.07, 6.45) is 0. The molecular formula is C7H12NO2-. The summed E-state index contributed by atoms with van der Waals surface area (Å²) >= 11 is 0. The highest BCUT2D eigenvalue weighted by Crippen LogP contribution is 2.17. The van der Waals surface area contributed by atoms with Crippen LogP contribution in [0.15, 0.2) is 0 Å². The van der Waals surface area contributed by atoms with Crippen LogP contribution in [0.5, 0.6) is 0 Å². The first-order valence-electron chi connectivity index (χ1n) is 3.56. The SMILES string of the molecule is CC(C)CN1C[C@H]1C(=O)[O-]. The van der Waals surface area contributed by atoms with Crippen LogP contribution in [0.2, 0.25) is 0 Å². The van der Waals surface area contributed by atoms with Crippen molar-refractivity contribution >= 4 is 5.97 Å². The molecule has 3 heteroatoms. The maximum absolute atomic E-state index is 10.2. The smallest absolute Gasteiger partial charge is 0.0623 e. The molecule has 0 amide bonds. The Morgan fingerprint density at radius 2 is 2.40 bits per heavy atom. The molecule has 10 heavy (non-hydrogen) atoms. The fourth-order valence-corrected chi connectivity index (χ4v) is 1.07. The van der Waals surface area contributed by atoms with Crippen molar-refractivity contribution in [2.45, 2.75) is 19.9 Å². The van der Waals surface area contributed by atoms with E-state index in [1.165, 1.54) is 0 Å². The molecule has 0 aromatic rings. The molecule has 1 unspecified atom stereocenters. The standard InChI is InChI=1S/C7H13NO2/c1-5(2)3-8-4-6(8)7(9)10/h5-6H,3-4H2,1-2H3,(H,9,10)/p-1/t6-,8?/m0/s1. The number of carbonyl (C=O) groups is 1. The summed E-state index contributed by atoms with van der Waals surface area (Å²) in [5.41, 5.74) is 0. The van der Waals surface area contributed by atoms with Gasteiger partial charge in [0.05, 0.1) is 12.0 Å². The highest BCUT2D eigenvalue weighted by atomic mass is 16.4. The average molecular weight is 142 g/mol. The predicted octanol–water partition coefficient (Wildman–Crippen LogP) is -0.923. The van der Waals surface area contributed by atoms with Crippen LogP contribution >= 0.6 is 0 Å². The summed E-state index contributed by atoms with van der Waals surface area (Å²) in [6, 6.07) is -0.289. The highest BCUT2D eigenvalue weighted by molar-refractivity contribution is 5.74. The van der Waals surface area contributed by atoms with Crippen molar-refractivity contribution in [3.8, 4) is 0 Å². The Morgan fingerprint density at radius 3 is 2.70 bits per heavy atom. The first kappa shape index (κ1) is 7.54. The third-order valence-electron chi connectivity index (χ3n) is 1.59. The molecule has 1 aliphatic rings. The zero-order valence-corrected chi connectivity index (χ0v) is 6.33. The lowest BCUT2D eigenvalue weighted by molar-refractivity contribution is -0.305. The third-order valence-corrected chi connectivity index (χ3v) is 1.59. The van der Waals surface area contributed by atoms with Crippen molar-refractivity contribution in [1.29, 1.82) is 0 Å². The van der Waals surface area contributed by atoms with Crippen LogP contribution in [0.3, 0.4) is 0 Å². The van der Waals surface area contributed by atoms with E-state index in [1.807, 2.05) is 4.90 Å². The first-order valence-corrected chi connectivity index (χ1v) is 3.56. The van der Waals surface area contributed by atoms with E-state index in [1.54, 1.807) is 0 Å². The summed E-state index contributed by atoms with van der Waals surface area (Å²) < 4.78 is 0. The van der Waals surface area contributed by atoms with Crippen molar-refractivity contribution in [1.82, 2.24) is 4.90 Å². The maximum Gasteiger partial charge on any atom is 0.0623 e. The Morgan fingerprint density at radius 1 is 1.80 bits per heavy atom. The van der Waals surface area contributed by atoms with E-state index in [0.29, 0.717) is 12.5 Å². The van der Waals surface area contributed by atoms with Crippen LogP contribution in [0.1, 0.15) is 13.8 Å². The minimum atomic E-state index is -0.930. The van der Waals surface area contributed by atoms with Crippen molar-refractivity contribution in [2.24, 2.45) is 5.92 Å². The average Bonchev–Trinajstić information content (AvgIpc) is 2.43. The van der Waals surface area contributed by atoms with Crippen LogP contribution in [0.25, 0.3) is 0 Å².